The second-order valence-electron chi connectivity index (χ2n) is 1.23. The molecule has 8 heavy (non-hydrogen) atoms. The van der Waals surface area contributed by atoms with E-state index in [0.29, 0.717) is 5.82 Å². The summed E-state index contributed by atoms with van der Waals surface area (Å²) in [6.07, 6.45) is 3.06. The lowest BCUT2D eigenvalue weighted by atomic mass is 10.6. The van der Waals surface area contributed by atoms with Crippen LogP contribution in [0.2, 0.25) is 0 Å². The normalized spacial score (nSPS) is 8.50. The Hall–Kier alpha value is -1.25. The van der Waals surface area contributed by atoms with Gasteiger partial charge in [0.2, 0.25) is 0 Å². The average Bonchev–Trinajstić information content (AvgIpc) is 1.90. The van der Waals surface area contributed by atoms with Crippen molar-refractivity contribution in [3.63, 3.8) is 0 Å². The molecule has 0 saturated heterocycles. The SMILES string of the molecule is C=Nc1ccncn1. The highest BCUT2D eigenvalue weighted by atomic mass is 14.9. The molecule has 0 aliphatic rings. The van der Waals surface area contributed by atoms with Crippen LogP contribution in [0.3, 0.4) is 0 Å². The van der Waals surface area contributed by atoms with Gasteiger partial charge in [-0.2, -0.15) is 0 Å². The van der Waals surface area contributed by atoms with Crippen molar-refractivity contribution in [2.24, 2.45) is 4.99 Å². The van der Waals surface area contributed by atoms with Crippen LogP contribution < -0.4 is 0 Å². The lowest BCUT2D eigenvalue weighted by Crippen LogP contribution is -1.72. The van der Waals surface area contributed by atoms with Gasteiger partial charge in [0.25, 0.3) is 0 Å². The molecule has 0 radical (unpaired) electrons. The standard InChI is InChI=1S/C5H5N3/c1-6-5-2-3-7-4-8-5/h2-4H,1H2. The predicted octanol–water partition coefficient (Wildman–Crippen LogP) is 0.809. The molecule has 3 nitrogen and oxygen atoms in total. The van der Waals surface area contributed by atoms with Crippen LogP contribution in [-0.2, 0) is 0 Å². The summed E-state index contributed by atoms with van der Waals surface area (Å²) in [6, 6.07) is 1.69. The van der Waals surface area contributed by atoms with Gasteiger partial charge in [-0.05, 0) is 6.72 Å². The fraction of sp³-hybridized carbons (Fsp3) is 0. The fourth-order valence-corrected chi connectivity index (χ4v) is 0.377. The van der Waals surface area contributed by atoms with E-state index in [0.717, 1.165) is 0 Å². The van der Waals surface area contributed by atoms with Crippen molar-refractivity contribution < 1.29 is 0 Å². The summed E-state index contributed by atoms with van der Waals surface area (Å²) in [7, 11) is 0. The number of rotatable bonds is 1. The lowest BCUT2D eigenvalue weighted by Gasteiger charge is -1.83. The third-order valence-electron chi connectivity index (χ3n) is 0.728. The van der Waals surface area contributed by atoms with Crippen molar-refractivity contribution in [1.82, 2.24) is 9.97 Å². The summed E-state index contributed by atoms with van der Waals surface area (Å²) in [5.74, 6) is 0.611. The van der Waals surface area contributed by atoms with Crippen molar-refractivity contribution in [2.75, 3.05) is 0 Å². The zero-order valence-corrected chi connectivity index (χ0v) is 4.28. The molecule has 0 fully saturated rings. The van der Waals surface area contributed by atoms with Gasteiger partial charge in [0, 0.05) is 12.3 Å². The molecule has 0 unspecified atom stereocenters. The van der Waals surface area contributed by atoms with Gasteiger partial charge in [-0.15, -0.1) is 0 Å². The third kappa shape index (κ3) is 0.872. The van der Waals surface area contributed by atoms with E-state index in [1.807, 2.05) is 0 Å². The van der Waals surface area contributed by atoms with E-state index in [1.54, 1.807) is 12.3 Å². The van der Waals surface area contributed by atoms with E-state index in [4.69, 9.17) is 0 Å². The van der Waals surface area contributed by atoms with Crippen LogP contribution >= 0.6 is 0 Å². The summed E-state index contributed by atoms with van der Waals surface area (Å²) in [5.41, 5.74) is 0. The van der Waals surface area contributed by atoms with Crippen LogP contribution in [0.1, 0.15) is 0 Å². The van der Waals surface area contributed by atoms with Crippen LogP contribution in [0, 0.1) is 0 Å². The largest absolute Gasteiger partial charge is 0.245 e. The molecular weight excluding hydrogens is 102 g/mol. The minimum Gasteiger partial charge on any atom is -0.245 e. The summed E-state index contributed by atoms with van der Waals surface area (Å²) in [6.45, 7) is 3.29. The summed E-state index contributed by atoms with van der Waals surface area (Å²) < 4.78 is 0. The molecule has 0 atom stereocenters. The minimum atomic E-state index is 0.611. The van der Waals surface area contributed by atoms with Crippen LogP contribution in [0.25, 0.3) is 0 Å². The van der Waals surface area contributed by atoms with E-state index in [1.165, 1.54) is 6.33 Å². The summed E-state index contributed by atoms with van der Waals surface area (Å²) >= 11 is 0. The fourth-order valence-electron chi connectivity index (χ4n) is 0.377. The first-order valence-corrected chi connectivity index (χ1v) is 2.16. The maximum Gasteiger partial charge on any atom is 0.154 e. The molecule has 0 aromatic carbocycles. The van der Waals surface area contributed by atoms with Crippen molar-refractivity contribution in [2.45, 2.75) is 0 Å². The van der Waals surface area contributed by atoms with Gasteiger partial charge < -0.3 is 0 Å². The molecule has 0 amide bonds. The number of hydrogen-bond donors (Lipinski definition) is 0. The Balaban J connectivity index is 2.99. The van der Waals surface area contributed by atoms with E-state index in [2.05, 4.69) is 21.7 Å². The van der Waals surface area contributed by atoms with Crippen molar-refractivity contribution in [1.29, 1.82) is 0 Å². The van der Waals surface area contributed by atoms with Crippen LogP contribution in [0.5, 0.6) is 0 Å². The number of hydrogen-bond acceptors (Lipinski definition) is 3. The lowest BCUT2D eigenvalue weighted by molar-refractivity contribution is 1.15. The highest BCUT2D eigenvalue weighted by Gasteiger charge is 1.79. The summed E-state index contributed by atoms with van der Waals surface area (Å²) in [4.78, 5) is 11.0. The molecule has 0 spiro atoms. The maximum atomic E-state index is 3.76. The highest BCUT2D eigenvalue weighted by Crippen LogP contribution is 1.99. The first kappa shape index (κ1) is 4.90. The number of nitrogens with zero attached hydrogens (tertiary/aromatic N) is 3. The Bertz CT molecular complexity index is 170. The van der Waals surface area contributed by atoms with Gasteiger partial charge in [-0.1, -0.05) is 0 Å². The van der Waals surface area contributed by atoms with E-state index in [9.17, 15) is 0 Å². The quantitative estimate of drug-likeness (QED) is 0.498. The van der Waals surface area contributed by atoms with Gasteiger partial charge in [0.15, 0.2) is 5.82 Å². The van der Waals surface area contributed by atoms with Crippen molar-refractivity contribution >= 4 is 12.5 Å². The van der Waals surface area contributed by atoms with Gasteiger partial charge in [0.1, 0.15) is 6.33 Å². The number of aliphatic imine (C=N–C) groups is 1. The Morgan fingerprint density at radius 2 is 2.50 bits per heavy atom. The Labute approximate surface area is 47.1 Å². The second kappa shape index (κ2) is 2.16. The zero-order chi connectivity index (χ0) is 5.82. The third-order valence-corrected chi connectivity index (χ3v) is 0.728. The predicted molar refractivity (Wildman–Crippen MR) is 31.2 cm³/mol. The Morgan fingerprint density at radius 3 is 2.88 bits per heavy atom. The van der Waals surface area contributed by atoms with Gasteiger partial charge in [0.05, 0.1) is 0 Å². The maximum absolute atomic E-state index is 3.76. The molecule has 1 aromatic heterocycles. The van der Waals surface area contributed by atoms with Crippen LogP contribution in [0.4, 0.5) is 5.82 Å². The zero-order valence-electron chi connectivity index (χ0n) is 4.28. The smallest absolute Gasteiger partial charge is 0.154 e. The molecule has 0 N–H and O–H groups in total. The van der Waals surface area contributed by atoms with E-state index < -0.39 is 0 Å². The monoisotopic (exact) mass is 107 g/mol. The molecular formula is C5H5N3. The van der Waals surface area contributed by atoms with E-state index >= 15 is 0 Å². The Kier molecular flexibility index (Phi) is 1.32. The molecule has 1 rings (SSSR count). The van der Waals surface area contributed by atoms with Crippen molar-refractivity contribution in [3.8, 4) is 0 Å². The molecule has 0 saturated carbocycles. The van der Waals surface area contributed by atoms with Gasteiger partial charge in [-0.25, -0.2) is 15.0 Å². The van der Waals surface area contributed by atoms with Gasteiger partial charge >= 0.3 is 0 Å². The summed E-state index contributed by atoms with van der Waals surface area (Å²) in [5, 5.41) is 0. The van der Waals surface area contributed by atoms with Crippen LogP contribution in [0.15, 0.2) is 23.6 Å². The highest BCUT2D eigenvalue weighted by molar-refractivity contribution is 5.37. The minimum absolute atomic E-state index is 0.611. The van der Waals surface area contributed by atoms with Crippen LogP contribution in [-0.4, -0.2) is 16.7 Å². The first-order chi connectivity index (χ1) is 3.93. The Morgan fingerprint density at radius 1 is 1.62 bits per heavy atom. The molecule has 1 aromatic rings. The second-order valence-corrected chi connectivity index (χ2v) is 1.23. The molecule has 3 heteroatoms. The molecule has 0 bridgehead atoms. The molecule has 1 heterocycles. The first-order valence-electron chi connectivity index (χ1n) is 2.16. The molecule has 40 valence electrons. The molecule has 0 aliphatic carbocycles. The van der Waals surface area contributed by atoms with Gasteiger partial charge in [-0.3, -0.25) is 0 Å². The molecule has 0 aliphatic heterocycles. The van der Waals surface area contributed by atoms with Crippen molar-refractivity contribution in [3.05, 3.63) is 18.6 Å². The number of aromatic nitrogens is 2. The average molecular weight is 107 g/mol. The van der Waals surface area contributed by atoms with E-state index in [-0.39, 0.29) is 0 Å². The topological polar surface area (TPSA) is 38.1 Å².